The molecule has 0 atom stereocenters. The first-order valence-electron chi connectivity index (χ1n) is 10.9. The minimum Gasteiger partial charge on any atom is -0.354 e. The number of rotatable bonds is 6. The van der Waals surface area contributed by atoms with E-state index in [0.29, 0.717) is 41.9 Å². The van der Waals surface area contributed by atoms with Gasteiger partial charge in [-0.15, -0.1) is 0 Å². The van der Waals surface area contributed by atoms with Gasteiger partial charge in [0.05, 0.1) is 11.3 Å². The van der Waals surface area contributed by atoms with Crippen molar-refractivity contribution in [3.8, 4) is 0 Å². The van der Waals surface area contributed by atoms with E-state index < -0.39 is 21.8 Å². The van der Waals surface area contributed by atoms with Crippen molar-refractivity contribution in [3.05, 3.63) is 71.2 Å². The number of piperazine rings is 1. The van der Waals surface area contributed by atoms with Crippen LogP contribution in [0.25, 0.3) is 0 Å². The topological polar surface area (TPSA) is 91.3 Å². The van der Waals surface area contributed by atoms with Crippen LogP contribution in [-0.4, -0.2) is 53.9 Å². The van der Waals surface area contributed by atoms with Gasteiger partial charge in [0.25, 0.3) is 0 Å². The molecule has 0 saturated carbocycles. The summed E-state index contributed by atoms with van der Waals surface area (Å²) < 4.78 is 65.3. The molecule has 0 spiro atoms. The van der Waals surface area contributed by atoms with Crippen molar-refractivity contribution in [2.45, 2.75) is 25.8 Å². The molecular formula is C23H25F3N6O2S. The Morgan fingerprint density at radius 2 is 1.63 bits per heavy atom. The van der Waals surface area contributed by atoms with Crippen LogP contribution in [0.15, 0.2) is 48.7 Å². The molecule has 35 heavy (non-hydrogen) atoms. The fourth-order valence-corrected chi connectivity index (χ4v) is 5.32. The number of hydrogen-bond donors (Lipinski definition) is 1. The molecule has 1 aliphatic rings. The van der Waals surface area contributed by atoms with Gasteiger partial charge in [-0.2, -0.15) is 17.5 Å². The van der Waals surface area contributed by atoms with Crippen LogP contribution in [-0.2, 0) is 22.0 Å². The van der Waals surface area contributed by atoms with E-state index in [0.717, 1.165) is 17.7 Å². The molecule has 1 aromatic carbocycles. The summed E-state index contributed by atoms with van der Waals surface area (Å²) in [4.78, 5) is 15.2. The van der Waals surface area contributed by atoms with Gasteiger partial charge in [0.1, 0.15) is 23.3 Å². The fraction of sp³-hybridized carbons (Fsp3) is 0.348. The van der Waals surface area contributed by atoms with Gasteiger partial charge in [-0.3, -0.25) is 0 Å². The molecule has 0 unspecified atom stereocenters. The predicted molar refractivity (Wildman–Crippen MR) is 127 cm³/mol. The molecule has 0 radical (unpaired) electrons. The third-order valence-electron chi connectivity index (χ3n) is 5.58. The molecule has 1 fully saturated rings. The number of hydrogen-bond acceptors (Lipinski definition) is 7. The van der Waals surface area contributed by atoms with Crippen molar-refractivity contribution in [2.75, 3.05) is 36.4 Å². The van der Waals surface area contributed by atoms with Crippen molar-refractivity contribution in [1.82, 2.24) is 19.3 Å². The highest BCUT2D eigenvalue weighted by Gasteiger charge is 2.31. The van der Waals surface area contributed by atoms with Gasteiger partial charge in [0, 0.05) is 38.4 Å². The zero-order valence-electron chi connectivity index (χ0n) is 19.2. The average Bonchev–Trinajstić information content (AvgIpc) is 2.78. The highest BCUT2D eigenvalue weighted by atomic mass is 32.2. The maximum atomic E-state index is 12.9. The Balaban J connectivity index is 1.40. The Hall–Kier alpha value is -3.25. The molecule has 1 N–H and O–H groups in total. The Morgan fingerprint density at radius 3 is 2.26 bits per heavy atom. The Labute approximate surface area is 201 Å². The SMILES string of the molecule is Cc1ccnc(Nc2cc(N3CCN(S(=O)(=O)Cc4ccc(C(F)(F)F)cc4)CC3)nc(C)n2)c1. The van der Waals surface area contributed by atoms with E-state index in [-0.39, 0.29) is 18.8 Å². The number of nitrogens with zero attached hydrogens (tertiary/aromatic N) is 5. The zero-order chi connectivity index (χ0) is 25.2. The number of alkyl halides is 3. The molecule has 12 heteroatoms. The summed E-state index contributed by atoms with van der Waals surface area (Å²) in [7, 11) is -3.68. The number of halogens is 3. The van der Waals surface area contributed by atoms with E-state index >= 15 is 0 Å². The smallest absolute Gasteiger partial charge is 0.354 e. The highest BCUT2D eigenvalue weighted by molar-refractivity contribution is 7.88. The van der Waals surface area contributed by atoms with Crippen LogP contribution in [0.5, 0.6) is 0 Å². The lowest BCUT2D eigenvalue weighted by Crippen LogP contribution is -2.49. The number of sulfonamides is 1. The molecule has 0 aliphatic carbocycles. The normalized spacial score (nSPS) is 15.3. The number of pyridine rings is 1. The molecule has 2 aromatic heterocycles. The van der Waals surface area contributed by atoms with E-state index in [1.165, 1.54) is 16.4 Å². The van der Waals surface area contributed by atoms with Crippen molar-refractivity contribution < 1.29 is 21.6 Å². The van der Waals surface area contributed by atoms with E-state index in [1.807, 2.05) is 24.0 Å². The summed E-state index contributed by atoms with van der Waals surface area (Å²) in [5.41, 5.74) is 0.564. The highest BCUT2D eigenvalue weighted by Crippen LogP contribution is 2.29. The summed E-state index contributed by atoms with van der Waals surface area (Å²) in [6.07, 6.45) is -2.75. The number of benzene rings is 1. The third kappa shape index (κ3) is 6.25. The van der Waals surface area contributed by atoms with Crippen LogP contribution in [0.3, 0.4) is 0 Å². The summed E-state index contributed by atoms with van der Waals surface area (Å²) in [5.74, 6) is 2.13. The average molecular weight is 507 g/mol. The predicted octanol–water partition coefficient (Wildman–Crippen LogP) is 3.90. The van der Waals surface area contributed by atoms with Gasteiger partial charge >= 0.3 is 6.18 Å². The minimum atomic E-state index is -4.46. The van der Waals surface area contributed by atoms with E-state index in [9.17, 15) is 21.6 Å². The lowest BCUT2D eigenvalue weighted by atomic mass is 10.1. The minimum absolute atomic E-state index is 0.244. The number of aromatic nitrogens is 3. The Morgan fingerprint density at radius 1 is 0.943 bits per heavy atom. The van der Waals surface area contributed by atoms with E-state index in [1.54, 1.807) is 19.2 Å². The molecule has 4 rings (SSSR count). The molecule has 1 saturated heterocycles. The maximum Gasteiger partial charge on any atom is 0.416 e. The van der Waals surface area contributed by atoms with Crippen molar-refractivity contribution in [3.63, 3.8) is 0 Å². The van der Waals surface area contributed by atoms with Crippen LogP contribution < -0.4 is 10.2 Å². The standard InChI is InChI=1S/C23H25F3N6O2S/c1-16-7-8-27-20(13-16)30-21-14-22(29-17(2)28-21)31-9-11-32(12-10-31)35(33,34)15-18-3-5-19(6-4-18)23(24,25)26/h3-8,13-14H,9-12,15H2,1-2H3,(H,27,28,29,30). The molecule has 3 heterocycles. The zero-order valence-corrected chi connectivity index (χ0v) is 20.1. The number of aryl methyl sites for hydroxylation is 2. The van der Waals surface area contributed by atoms with Gasteiger partial charge in [-0.25, -0.2) is 23.4 Å². The van der Waals surface area contributed by atoms with Crippen LogP contribution in [0.2, 0.25) is 0 Å². The molecular weight excluding hydrogens is 481 g/mol. The van der Waals surface area contributed by atoms with Crippen molar-refractivity contribution >= 4 is 27.5 Å². The maximum absolute atomic E-state index is 12.9. The quantitative estimate of drug-likeness (QED) is 0.542. The molecule has 0 amide bonds. The largest absolute Gasteiger partial charge is 0.416 e. The lowest BCUT2D eigenvalue weighted by molar-refractivity contribution is -0.137. The van der Waals surface area contributed by atoms with Crippen LogP contribution >= 0.6 is 0 Å². The second-order valence-corrected chi connectivity index (χ2v) is 10.3. The summed E-state index contributed by atoms with van der Waals surface area (Å²) in [5, 5.41) is 3.17. The second kappa shape index (κ2) is 9.78. The summed E-state index contributed by atoms with van der Waals surface area (Å²) >= 11 is 0. The van der Waals surface area contributed by atoms with Gasteiger partial charge in [-0.05, 0) is 49.2 Å². The van der Waals surface area contributed by atoms with Gasteiger partial charge in [-0.1, -0.05) is 12.1 Å². The number of anilines is 3. The molecule has 1 aliphatic heterocycles. The summed E-state index contributed by atoms with van der Waals surface area (Å²) in [6, 6.07) is 9.81. The third-order valence-corrected chi connectivity index (χ3v) is 7.43. The first-order valence-corrected chi connectivity index (χ1v) is 12.5. The second-order valence-electron chi connectivity index (χ2n) is 8.34. The van der Waals surface area contributed by atoms with Gasteiger partial charge in [0.2, 0.25) is 10.0 Å². The summed E-state index contributed by atoms with van der Waals surface area (Å²) in [6.45, 7) is 5.08. The van der Waals surface area contributed by atoms with Crippen molar-refractivity contribution in [2.24, 2.45) is 0 Å². The Bertz CT molecular complexity index is 1290. The van der Waals surface area contributed by atoms with E-state index in [2.05, 4.69) is 20.3 Å². The van der Waals surface area contributed by atoms with Crippen LogP contribution in [0, 0.1) is 13.8 Å². The molecule has 0 bridgehead atoms. The first kappa shape index (κ1) is 24.9. The fourth-order valence-electron chi connectivity index (χ4n) is 3.80. The molecule has 186 valence electrons. The Kier molecular flexibility index (Phi) is 6.95. The monoisotopic (exact) mass is 506 g/mol. The number of nitrogens with one attached hydrogen (secondary N) is 1. The van der Waals surface area contributed by atoms with Gasteiger partial charge < -0.3 is 10.2 Å². The molecule has 8 nitrogen and oxygen atoms in total. The van der Waals surface area contributed by atoms with Crippen LogP contribution in [0.4, 0.5) is 30.6 Å². The van der Waals surface area contributed by atoms with Crippen molar-refractivity contribution in [1.29, 1.82) is 0 Å². The van der Waals surface area contributed by atoms with Crippen LogP contribution in [0.1, 0.15) is 22.5 Å². The lowest BCUT2D eigenvalue weighted by Gasteiger charge is -2.34. The first-order chi connectivity index (χ1) is 16.5. The van der Waals surface area contributed by atoms with Gasteiger partial charge in [0.15, 0.2) is 0 Å². The molecule has 3 aromatic rings. The van der Waals surface area contributed by atoms with E-state index in [4.69, 9.17) is 0 Å².